The Morgan fingerprint density at radius 2 is 2.10 bits per heavy atom. The lowest BCUT2D eigenvalue weighted by Crippen LogP contribution is -2.32. The van der Waals surface area contributed by atoms with E-state index in [1.54, 1.807) is 7.11 Å². The minimum absolute atomic E-state index is 0. The van der Waals surface area contributed by atoms with Gasteiger partial charge < -0.3 is 20.5 Å². The Morgan fingerprint density at radius 1 is 1.38 bits per heavy atom. The quantitative estimate of drug-likeness (QED) is 0.317. The zero-order valence-electron chi connectivity index (χ0n) is 12.8. The van der Waals surface area contributed by atoms with Gasteiger partial charge in [0.05, 0.1) is 20.3 Å². The highest BCUT2D eigenvalue weighted by Crippen LogP contribution is 2.28. The van der Waals surface area contributed by atoms with Gasteiger partial charge in [-0.05, 0) is 31.5 Å². The molecular weight excluding hydrogens is 381 g/mol. The SMILES string of the molecule is C=C(C)CNC(N)=NCc1ccc(OC)c(OCC)c1.I. The van der Waals surface area contributed by atoms with Crippen molar-refractivity contribution in [1.29, 1.82) is 0 Å². The lowest BCUT2D eigenvalue weighted by molar-refractivity contribution is 0.310. The summed E-state index contributed by atoms with van der Waals surface area (Å²) in [6.45, 7) is 9.36. The first-order valence-electron chi connectivity index (χ1n) is 6.54. The standard InChI is InChI=1S/C15H23N3O2.HI/c1-5-20-14-8-12(6-7-13(14)19-4)10-18-15(16)17-9-11(2)3;/h6-8H,2,5,9-10H2,1,3-4H3,(H3,16,17,18);1H. The van der Waals surface area contributed by atoms with E-state index in [1.807, 2.05) is 32.0 Å². The van der Waals surface area contributed by atoms with Crippen LogP contribution in [0.5, 0.6) is 11.5 Å². The van der Waals surface area contributed by atoms with Gasteiger partial charge in [-0.15, -0.1) is 24.0 Å². The van der Waals surface area contributed by atoms with Gasteiger partial charge in [0.1, 0.15) is 0 Å². The van der Waals surface area contributed by atoms with Gasteiger partial charge in [0.15, 0.2) is 17.5 Å². The molecule has 0 saturated carbocycles. The van der Waals surface area contributed by atoms with Crippen LogP contribution in [0.25, 0.3) is 0 Å². The molecule has 1 aromatic rings. The number of guanidine groups is 1. The fraction of sp³-hybridized carbons (Fsp3) is 0.400. The normalized spacial score (nSPS) is 10.5. The van der Waals surface area contributed by atoms with E-state index in [4.69, 9.17) is 15.2 Å². The summed E-state index contributed by atoms with van der Waals surface area (Å²) in [6.07, 6.45) is 0. The van der Waals surface area contributed by atoms with Gasteiger partial charge >= 0.3 is 0 Å². The van der Waals surface area contributed by atoms with Crippen LogP contribution >= 0.6 is 24.0 Å². The summed E-state index contributed by atoms with van der Waals surface area (Å²) in [5, 5.41) is 2.99. The van der Waals surface area contributed by atoms with Gasteiger partial charge in [-0.1, -0.05) is 18.2 Å². The molecule has 0 unspecified atom stereocenters. The number of aliphatic imine (C=N–C) groups is 1. The summed E-state index contributed by atoms with van der Waals surface area (Å²) in [7, 11) is 1.62. The van der Waals surface area contributed by atoms with Gasteiger partial charge in [-0.2, -0.15) is 0 Å². The second kappa shape index (κ2) is 10.3. The van der Waals surface area contributed by atoms with E-state index in [0.29, 0.717) is 31.4 Å². The van der Waals surface area contributed by atoms with E-state index in [9.17, 15) is 0 Å². The van der Waals surface area contributed by atoms with Gasteiger partial charge in [-0.25, -0.2) is 4.99 Å². The Hall–Kier alpha value is -1.44. The van der Waals surface area contributed by atoms with Crippen LogP contribution in [0, 0.1) is 0 Å². The maximum Gasteiger partial charge on any atom is 0.189 e. The van der Waals surface area contributed by atoms with Crippen LogP contribution in [0.1, 0.15) is 19.4 Å². The van der Waals surface area contributed by atoms with Crippen LogP contribution in [0.2, 0.25) is 0 Å². The lowest BCUT2D eigenvalue weighted by atomic mass is 10.2. The number of rotatable bonds is 7. The average molecular weight is 405 g/mol. The van der Waals surface area contributed by atoms with Crippen LogP contribution in [-0.4, -0.2) is 26.2 Å². The molecule has 0 aliphatic rings. The molecule has 0 aliphatic carbocycles. The molecule has 0 spiro atoms. The molecule has 5 nitrogen and oxygen atoms in total. The number of nitrogens with two attached hydrogens (primary N) is 1. The first-order chi connectivity index (χ1) is 9.56. The third kappa shape index (κ3) is 7.22. The highest BCUT2D eigenvalue weighted by molar-refractivity contribution is 14.0. The maximum absolute atomic E-state index is 5.76. The second-order valence-corrected chi connectivity index (χ2v) is 4.43. The number of nitrogens with one attached hydrogen (secondary N) is 1. The van der Waals surface area contributed by atoms with Crippen molar-refractivity contribution < 1.29 is 9.47 Å². The van der Waals surface area contributed by atoms with Crippen molar-refractivity contribution in [3.05, 3.63) is 35.9 Å². The molecule has 0 aliphatic heterocycles. The third-order valence-electron chi connectivity index (χ3n) is 2.53. The molecule has 0 bridgehead atoms. The fourth-order valence-electron chi connectivity index (χ4n) is 1.56. The van der Waals surface area contributed by atoms with E-state index in [0.717, 1.165) is 16.9 Å². The largest absolute Gasteiger partial charge is 0.493 e. The average Bonchev–Trinajstić information content (AvgIpc) is 2.43. The van der Waals surface area contributed by atoms with E-state index in [1.165, 1.54) is 0 Å². The number of hydrogen-bond donors (Lipinski definition) is 2. The molecule has 6 heteroatoms. The smallest absolute Gasteiger partial charge is 0.189 e. The minimum Gasteiger partial charge on any atom is -0.493 e. The molecule has 0 heterocycles. The van der Waals surface area contributed by atoms with Crippen molar-refractivity contribution in [2.45, 2.75) is 20.4 Å². The van der Waals surface area contributed by atoms with Crippen LogP contribution in [0.4, 0.5) is 0 Å². The van der Waals surface area contributed by atoms with Crippen molar-refractivity contribution >= 4 is 29.9 Å². The Balaban J connectivity index is 0.00000400. The van der Waals surface area contributed by atoms with Crippen molar-refractivity contribution in [1.82, 2.24) is 5.32 Å². The van der Waals surface area contributed by atoms with Crippen LogP contribution < -0.4 is 20.5 Å². The zero-order chi connectivity index (χ0) is 15.0. The van der Waals surface area contributed by atoms with Crippen LogP contribution in [0.15, 0.2) is 35.3 Å². The summed E-state index contributed by atoms with van der Waals surface area (Å²) in [5.74, 6) is 1.84. The van der Waals surface area contributed by atoms with Crippen molar-refractivity contribution in [2.24, 2.45) is 10.7 Å². The van der Waals surface area contributed by atoms with Crippen molar-refractivity contribution in [2.75, 3.05) is 20.3 Å². The molecule has 0 aromatic heterocycles. The van der Waals surface area contributed by atoms with Gasteiger partial charge in [-0.3, -0.25) is 0 Å². The molecule has 0 atom stereocenters. The molecule has 1 rings (SSSR count). The number of ether oxygens (including phenoxy) is 2. The molecule has 3 N–H and O–H groups in total. The van der Waals surface area contributed by atoms with Gasteiger partial charge in [0, 0.05) is 6.54 Å². The van der Waals surface area contributed by atoms with E-state index >= 15 is 0 Å². The third-order valence-corrected chi connectivity index (χ3v) is 2.53. The first-order valence-corrected chi connectivity index (χ1v) is 6.54. The number of benzene rings is 1. The number of halogens is 1. The predicted molar refractivity (Wildman–Crippen MR) is 97.7 cm³/mol. The molecule has 21 heavy (non-hydrogen) atoms. The summed E-state index contributed by atoms with van der Waals surface area (Å²) in [4.78, 5) is 4.27. The maximum atomic E-state index is 5.76. The van der Waals surface area contributed by atoms with Crippen LogP contribution in [0.3, 0.4) is 0 Å². The molecule has 118 valence electrons. The molecule has 0 fully saturated rings. The molecule has 0 amide bonds. The van der Waals surface area contributed by atoms with Gasteiger partial charge in [0.25, 0.3) is 0 Å². The highest BCUT2D eigenvalue weighted by Gasteiger charge is 2.05. The zero-order valence-corrected chi connectivity index (χ0v) is 15.1. The number of hydrogen-bond acceptors (Lipinski definition) is 3. The molecule has 0 saturated heterocycles. The molecule has 0 radical (unpaired) electrons. The highest BCUT2D eigenvalue weighted by atomic mass is 127. The number of methoxy groups -OCH3 is 1. The molecular formula is C15H24IN3O2. The summed E-state index contributed by atoms with van der Waals surface area (Å²) >= 11 is 0. The minimum atomic E-state index is 0. The van der Waals surface area contributed by atoms with E-state index in [2.05, 4.69) is 16.9 Å². The summed E-state index contributed by atoms with van der Waals surface area (Å²) < 4.78 is 10.8. The fourth-order valence-corrected chi connectivity index (χ4v) is 1.56. The topological polar surface area (TPSA) is 68.9 Å². The summed E-state index contributed by atoms with van der Waals surface area (Å²) in [5.41, 5.74) is 7.78. The monoisotopic (exact) mass is 405 g/mol. The van der Waals surface area contributed by atoms with Gasteiger partial charge in [0.2, 0.25) is 0 Å². The Morgan fingerprint density at radius 3 is 2.67 bits per heavy atom. The van der Waals surface area contributed by atoms with Crippen molar-refractivity contribution in [3.8, 4) is 11.5 Å². The Bertz CT molecular complexity index is 490. The lowest BCUT2D eigenvalue weighted by Gasteiger charge is -2.10. The van der Waals surface area contributed by atoms with E-state index in [-0.39, 0.29) is 24.0 Å². The first kappa shape index (κ1) is 19.6. The second-order valence-electron chi connectivity index (χ2n) is 4.43. The van der Waals surface area contributed by atoms with E-state index < -0.39 is 0 Å². The number of nitrogens with zero attached hydrogens (tertiary/aromatic N) is 1. The van der Waals surface area contributed by atoms with Crippen LogP contribution in [-0.2, 0) is 6.54 Å². The Kier molecular flexibility index (Phi) is 9.60. The summed E-state index contributed by atoms with van der Waals surface area (Å²) in [6, 6.07) is 5.72. The predicted octanol–water partition coefficient (Wildman–Crippen LogP) is 2.69. The Labute approximate surface area is 143 Å². The molecule has 1 aromatic carbocycles. The van der Waals surface area contributed by atoms with Crippen molar-refractivity contribution in [3.63, 3.8) is 0 Å².